The summed E-state index contributed by atoms with van der Waals surface area (Å²) < 4.78 is 190. The molecule has 126 heavy (non-hydrogen) atoms. The highest BCUT2D eigenvalue weighted by atomic mass is 19.4. The fraction of sp³-hybridized carbons (Fsp3) is 0.261. The maximum Gasteiger partial charge on any atom is 0.416 e. The van der Waals surface area contributed by atoms with Crippen molar-refractivity contribution in [2.45, 2.75) is 123 Å². The summed E-state index contributed by atoms with van der Waals surface area (Å²) in [6, 6.07) is 51.2. The summed E-state index contributed by atoms with van der Waals surface area (Å²) in [4.78, 5) is 105. The minimum Gasteiger partial charge on any atom is -0.508 e. The molecule has 662 valence electrons. The van der Waals surface area contributed by atoms with Gasteiger partial charge in [0.25, 0.3) is 16.7 Å². The number of rotatable bonds is 30. The summed E-state index contributed by atoms with van der Waals surface area (Å²) in [5, 5.41) is 25.4. The molecule has 0 aliphatic heterocycles. The summed E-state index contributed by atoms with van der Waals surface area (Å²) >= 11 is 0. The van der Waals surface area contributed by atoms with Gasteiger partial charge in [-0.15, -0.1) is 0 Å². The Morgan fingerprint density at radius 3 is 1.06 bits per heavy atom. The van der Waals surface area contributed by atoms with Crippen LogP contribution in [0.5, 0.6) is 17.2 Å². The first-order valence-electron chi connectivity index (χ1n) is 39.3. The molecule has 3 heterocycles. The third-order valence-electron chi connectivity index (χ3n) is 21.0. The molecule has 0 unspecified atom stereocenters. The number of carboxylic acids is 1. The molecule has 0 aliphatic rings. The van der Waals surface area contributed by atoms with Gasteiger partial charge < -0.3 is 40.8 Å². The molecule has 0 spiro atoms. The number of esters is 1. The number of nitrogens with two attached hydrogens (primary N) is 1. The Morgan fingerprint density at radius 2 is 0.714 bits per heavy atom. The third-order valence-corrected chi connectivity index (χ3v) is 21.0. The van der Waals surface area contributed by atoms with Crippen molar-refractivity contribution in [1.82, 2.24) is 38.0 Å². The number of benzene rings is 9. The lowest BCUT2D eigenvalue weighted by Gasteiger charge is -2.22. The van der Waals surface area contributed by atoms with E-state index < -0.39 is 159 Å². The second kappa shape index (κ2) is 41.7. The van der Waals surface area contributed by atoms with Crippen LogP contribution < -0.4 is 59.6 Å². The van der Waals surface area contributed by atoms with Crippen LogP contribution in [0.4, 0.5) is 52.7 Å². The minimum absolute atomic E-state index is 0.00732. The predicted octanol–water partition coefficient (Wildman–Crippen LogP) is 15.5. The van der Waals surface area contributed by atoms with Crippen molar-refractivity contribution in [2.24, 2.45) is 5.73 Å². The molecule has 9 aromatic carbocycles. The van der Waals surface area contributed by atoms with Gasteiger partial charge in [-0.1, -0.05) is 164 Å². The van der Waals surface area contributed by atoms with Gasteiger partial charge in [0.2, 0.25) is 0 Å². The number of aromatic nitrogens is 6. The smallest absolute Gasteiger partial charge is 0.416 e. The first-order chi connectivity index (χ1) is 59.9. The van der Waals surface area contributed by atoms with Crippen molar-refractivity contribution < 1.29 is 86.7 Å². The fourth-order valence-corrected chi connectivity index (χ4v) is 14.7. The average molecular weight is 1750 g/mol. The van der Waals surface area contributed by atoms with Gasteiger partial charge in [-0.3, -0.25) is 41.8 Å². The lowest BCUT2D eigenvalue weighted by atomic mass is 10.0. The van der Waals surface area contributed by atoms with Crippen molar-refractivity contribution in [3.8, 4) is 50.6 Å². The van der Waals surface area contributed by atoms with Gasteiger partial charge in [-0.05, 0) is 132 Å². The van der Waals surface area contributed by atoms with E-state index in [4.69, 9.17) is 25.1 Å². The summed E-state index contributed by atoms with van der Waals surface area (Å²) in [6.07, 6.45) is -14.2. The topological polar surface area (TPSA) is 284 Å². The Labute approximate surface area is 712 Å². The molecule has 22 nitrogen and oxygen atoms in total. The second-order valence-electron chi connectivity index (χ2n) is 28.8. The number of nitrogens with zero attached hydrogens (tertiary/aromatic N) is 6. The van der Waals surface area contributed by atoms with Crippen molar-refractivity contribution in [1.29, 1.82) is 0 Å². The Kier molecular flexibility index (Phi) is 31.3. The Bertz CT molecular complexity index is 6270. The number of hydrogen-bond acceptors (Lipinski definition) is 15. The first-order valence-corrected chi connectivity index (χ1v) is 39.3. The predicted molar refractivity (Wildman–Crippen MR) is 448 cm³/mol. The van der Waals surface area contributed by atoms with E-state index in [0.717, 1.165) is 82.0 Å². The number of alkyl halides is 9. The molecule has 12 rings (SSSR count). The highest BCUT2D eigenvalue weighted by molar-refractivity contribution is 5.71. The number of carbonyl (C=O) groups excluding carboxylic acids is 1. The van der Waals surface area contributed by atoms with Gasteiger partial charge in [0.15, 0.2) is 13.2 Å². The average Bonchev–Trinajstić information content (AvgIpc) is 0.766. The van der Waals surface area contributed by atoms with E-state index in [1.807, 2.05) is 0 Å². The number of carboxylic acid groups (broad SMARTS) is 1. The van der Waals surface area contributed by atoms with Crippen LogP contribution in [0.15, 0.2) is 247 Å². The third kappa shape index (κ3) is 22.3. The molecule has 0 saturated heterocycles. The van der Waals surface area contributed by atoms with Gasteiger partial charge in [0.1, 0.15) is 34.7 Å². The molecule has 0 amide bonds. The molecule has 3 aromatic heterocycles. The molecule has 0 fully saturated rings. The summed E-state index contributed by atoms with van der Waals surface area (Å²) in [5.74, 6) is -4.47. The number of hydrogen-bond donors (Lipinski definition) is 5. The molecule has 3 atom stereocenters. The first kappa shape index (κ1) is 94.6. The second-order valence-corrected chi connectivity index (χ2v) is 28.8. The van der Waals surface area contributed by atoms with E-state index in [1.165, 1.54) is 32.9 Å². The van der Waals surface area contributed by atoms with Crippen molar-refractivity contribution >= 4 is 11.9 Å². The minimum atomic E-state index is -4.88. The lowest BCUT2D eigenvalue weighted by molar-refractivity contribution is -0.145. The largest absolute Gasteiger partial charge is 0.508 e. The monoisotopic (exact) mass is 1750 g/mol. The SMILES string of the molecule is CCOC(=O)COc1ccccc1[C@H](CCn1c(=O)c(-c2ccccc2)c(C)n(Cc2c(F)cccc2C(F)(F)F)c1=O)NC.CN[C@@H](CCn1c(=O)c(-c2ccccc2)c(C)n(Cc2c(F)cccc2C(F)(F)F)c1=O)c1ccccc1O.Cc1c(-c2ccccc2)c(=O)n(CC[C@H](N)c2ccccc2OCC(=O)O)c(=O)n1Cc1c(F)cccc1C(F)(F)F. The van der Waals surface area contributed by atoms with Crippen LogP contribution in [-0.2, 0) is 72.1 Å². The molecule has 0 bridgehead atoms. The molecule has 12 aromatic rings. The van der Waals surface area contributed by atoms with Gasteiger partial charge in [0, 0.05) is 88.2 Å². The Morgan fingerprint density at radius 1 is 0.405 bits per heavy atom. The zero-order chi connectivity index (χ0) is 91.6. The van der Waals surface area contributed by atoms with E-state index in [1.54, 1.807) is 173 Å². The molecule has 0 radical (unpaired) electrons. The van der Waals surface area contributed by atoms with Gasteiger partial charge in [-0.25, -0.2) is 37.1 Å². The van der Waals surface area contributed by atoms with Gasteiger partial charge >= 0.3 is 47.5 Å². The number of aromatic hydroxyl groups is 1. The molecule has 0 saturated carbocycles. The number of halogens is 12. The van der Waals surface area contributed by atoms with Crippen molar-refractivity contribution in [3.63, 3.8) is 0 Å². The van der Waals surface area contributed by atoms with Crippen LogP contribution in [0.25, 0.3) is 33.4 Å². The van der Waals surface area contributed by atoms with Crippen LogP contribution in [0.1, 0.15) is 111 Å². The summed E-state index contributed by atoms with van der Waals surface area (Å²) in [7, 11) is 3.34. The number of phenolic OH excluding ortho intramolecular Hbond substituents is 1. The van der Waals surface area contributed by atoms with Crippen LogP contribution in [0, 0.1) is 38.2 Å². The molecule has 0 aliphatic carbocycles. The van der Waals surface area contributed by atoms with E-state index >= 15 is 0 Å². The molecular formula is C92H87F12N9O13. The molecule has 34 heteroatoms. The molecule has 6 N–H and O–H groups in total. The highest BCUT2D eigenvalue weighted by Crippen LogP contribution is 2.39. The van der Waals surface area contributed by atoms with Crippen molar-refractivity contribution in [3.05, 3.63) is 366 Å². The van der Waals surface area contributed by atoms with Crippen molar-refractivity contribution in [2.75, 3.05) is 33.9 Å². The number of para-hydroxylation sites is 3. The summed E-state index contributed by atoms with van der Waals surface area (Å²) in [6.45, 7) is 2.56. The van der Waals surface area contributed by atoms with E-state index in [-0.39, 0.29) is 97.4 Å². The zero-order valence-electron chi connectivity index (χ0n) is 68.7. The zero-order valence-corrected chi connectivity index (χ0v) is 68.7. The fourth-order valence-electron chi connectivity index (χ4n) is 14.7. The van der Waals surface area contributed by atoms with Crippen LogP contribution in [0.3, 0.4) is 0 Å². The maximum absolute atomic E-state index is 14.9. The van der Waals surface area contributed by atoms with E-state index in [0.29, 0.717) is 39.1 Å². The Hall–Kier alpha value is -13.6. The van der Waals surface area contributed by atoms with Crippen LogP contribution >= 0.6 is 0 Å². The standard InChI is InChI=1S/C33H33F4N3O5.C30H27F4N3O5.C29H27F4N3O3/c1-4-44-29(41)20-45-28-16-9-8-13-23(28)27(38-3)17-18-39-31(42)30(22-11-6-5-7-12-22)21(2)40(32(39)43)19-24-25(33(35,36)37)14-10-15-26(24)34;1-18-27(19-8-3-2-4-9-19)28(40)36(15-14-24(35)20-10-5-6-13-25(20)42-17-26(38)39)29(41)37(18)16-21-22(30(32,33)34)11-7-12-23(21)31;1-18-26(19-9-4-3-5-10-19)27(38)35(16-15-24(34-2)20-11-6-7-14-25(20)37)28(39)36(18)17-21-22(29(31,32)33)12-8-13-23(21)30/h5-16,27,38H,4,17-20H2,1-3H3;2-13,24H,14-17,35H2,1H3,(H,38,39);3-14,24,34,37H,15-17H2,1-2H3/t27-;2*24-/m000/s1. The number of aliphatic carboxylic acids is 1. The maximum atomic E-state index is 14.9. The number of phenols is 1. The number of ether oxygens (including phenoxy) is 3. The van der Waals surface area contributed by atoms with E-state index in [9.17, 15) is 96.1 Å². The van der Waals surface area contributed by atoms with Gasteiger partial charge in [0.05, 0.1) is 59.6 Å². The lowest BCUT2D eigenvalue weighted by Crippen LogP contribution is -2.43. The Balaban J connectivity index is 0.000000198. The number of carbonyl (C=O) groups is 2. The number of nitrogens with one attached hydrogen (secondary N) is 2. The quantitative estimate of drug-likeness (QED) is 0.0207. The summed E-state index contributed by atoms with van der Waals surface area (Å²) in [5.41, 5.74) is -0.434. The normalized spacial score (nSPS) is 12.3. The molecular weight excluding hydrogens is 1670 g/mol. The van der Waals surface area contributed by atoms with Gasteiger partial charge in [-0.2, -0.15) is 39.5 Å². The highest BCUT2D eigenvalue weighted by Gasteiger charge is 2.39. The van der Waals surface area contributed by atoms with E-state index in [2.05, 4.69) is 10.6 Å². The van der Waals surface area contributed by atoms with Crippen LogP contribution in [-0.4, -0.2) is 83.5 Å². The van der Waals surface area contributed by atoms with Crippen LogP contribution in [0.2, 0.25) is 0 Å².